The predicted octanol–water partition coefficient (Wildman–Crippen LogP) is 3.46. The molecule has 112 valence electrons. The predicted molar refractivity (Wildman–Crippen MR) is 83.2 cm³/mol. The smallest absolute Gasteiger partial charge is 0.337 e. The van der Waals surface area contributed by atoms with Crippen LogP contribution in [0.25, 0.3) is 0 Å². The summed E-state index contributed by atoms with van der Waals surface area (Å²) in [5, 5.41) is 18.4. The van der Waals surface area contributed by atoms with Crippen LogP contribution in [-0.2, 0) is 4.79 Å². The largest absolute Gasteiger partial charge is 0.481 e. The average Bonchev–Trinajstić information content (AvgIpc) is 2.50. The van der Waals surface area contributed by atoms with E-state index in [4.69, 9.17) is 5.11 Å². The number of fused-ring (bicyclic) bond motifs is 2. The fraction of sp³-hybridized carbons (Fsp3) is 0.125. The van der Waals surface area contributed by atoms with Crippen molar-refractivity contribution in [1.29, 1.82) is 0 Å². The number of hydrogen-bond donors (Lipinski definition) is 2. The standard InChI is InChI=1S/C16H13NO4S/c18-14(19)8-9-17-11-5-1-2-6-12(11)22-13-7-3-4-10(15(13)17)16(20)21/h1-7H,8-9H2,(H,18,19)(H,20,21). The van der Waals surface area contributed by atoms with Gasteiger partial charge in [-0.3, -0.25) is 4.79 Å². The lowest BCUT2D eigenvalue weighted by molar-refractivity contribution is -0.136. The number of carbonyl (C=O) groups is 2. The molecule has 1 aliphatic heterocycles. The van der Waals surface area contributed by atoms with Crippen molar-refractivity contribution in [2.45, 2.75) is 16.2 Å². The maximum atomic E-state index is 11.5. The first-order valence-corrected chi connectivity index (χ1v) is 7.52. The zero-order valence-electron chi connectivity index (χ0n) is 11.5. The minimum absolute atomic E-state index is 0.0631. The van der Waals surface area contributed by atoms with Gasteiger partial charge in [0.2, 0.25) is 0 Å². The first-order chi connectivity index (χ1) is 10.6. The summed E-state index contributed by atoms with van der Waals surface area (Å²) >= 11 is 1.50. The number of rotatable bonds is 4. The highest BCUT2D eigenvalue weighted by atomic mass is 32.2. The lowest BCUT2D eigenvalue weighted by Crippen LogP contribution is -2.25. The Labute approximate surface area is 131 Å². The van der Waals surface area contributed by atoms with Gasteiger partial charge in [-0.05, 0) is 24.3 Å². The number of carboxylic acids is 2. The van der Waals surface area contributed by atoms with E-state index >= 15 is 0 Å². The van der Waals surface area contributed by atoms with Crippen LogP contribution in [0.2, 0.25) is 0 Å². The molecule has 1 heterocycles. The second-order valence-electron chi connectivity index (χ2n) is 4.82. The van der Waals surface area contributed by atoms with Crippen molar-refractivity contribution in [2.75, 3.05) is 11.4 Å². The average molecular weight is 315 g/mol. The zero-order chi connectivity index (χ0) is 15.7. The Balaban J connectivity index is 2.15. The van der Waals surface area contributed by atoms with E-state index in [9.17, 15) is 14.7 Å². The van der Waals surface area contributed by atoms with E-state index in [1.54, 1.807) is 17.0 Å². The monoisotopic (exact) mass is 315 g/mol. The quantitative estimate of drug-likeness (QED) is 0.899. The SMILES string of the molecule is O=C(O)CCN1c2ccccc2Sc2cccc(C(=O)O)c21. The Kier molecular flexibility index (Phi) is 3.77. The maximum absolute atomic E-state index is 11.5. The van der Waals surface area contributed by atoms with E-state index < -0.39 is 11.9 Å². The van der Waals surface area contributed by atoms with Gasteiger partial charge in [-0.2, -0.15) is 0 Å². The number of aromatic carboxylic acids is 1. The molecular formula is C16H13NO4S. The van der Waals surface area contributed by atoms with E-state index in [0.29, 0.717) is 5.69 Å². The molecule has 0 radical (unpaired) electrons. The molecule has 22 heavy (non-hydrogen) atoms. The summed E-state index contributed by atoms with van der Waals surface area (Å²) in [5.41, 5.74) is 1.60. The van der Waals surface area contributed by atoms with E-state index in [1.165, 1.54) is 11.8 Å². The number of benzene rings is 2. The fourth-order valence-electron chi connectivity index (χ4n) is 2.50. The van der Waals surface area contributed by atoms with Crippen LogP contribution < -0.4 is 4.90 Å². The van der Waals surface area contributed by atoms with Crippen LogP contribution in [-0.4, -0.2) is 28.7 Å². The molecule has 2 N–H and O–H groups in total. The first kappa shape index (κ1) is 14.5. The Morgan fingerprint density at radius 2 is 1.73 bits per heavy atom. The van der Waals surface area contributed by atoms with Gasteiger partial charge in [-0.25, -0.2) is 4.79 Å². The number of carboxylic acid groups (broad SMARTS) is 2. The van der Waals surface area contributed by atoms with Crippen LogP contribution in [0.5, 0.6) is 0 Å². The summed E-state index contributed by atoms with van der Waals surface area (Å²) in [6, 6.07) is 12.7. The van der Waals surface area contributed by atoms with Crippen LogP contribution >= 0.6 is 11.8 Å². The van der Waals surface area contributed by atoms with Gasteiger partial charge in [0.15, 0.2) is 0 Å². The number of para-hydroxylation sites is 2. The highest BCUT2D eigenvalue weighted by Crippen LogP contribution is 2.49. The van der Waals surface area contributed by atoms with E-state index in [-0.39, 0.29) is 18.5 Å². The summed E-state index contributed by atoms with van der Waals surface area (Å²) in [6.07, 6.45) is -0.0631. The molecule has 6 heteroatoms. The van der Waals surface area contributed by atoms with Crippen molar-refractivity contribution in [3.63, 3.8) is 0 Å². The number of hydrogen-bond acceptors (Lipinski definition) is 4. The topological polar surface area (TPSA) is 77.8 Å². The second kappa shape index (κ2) is 5.73. The molecule has 5 nitrogen and oxygen atoms in total. The molecule has 1 aliphatic rings. The van der Waals surface area contributed by atoms with Gasteiger partial charge in [0, 0.05) is 16.3 Å². The summed E-state index contributed by atoms with van der Waals surface area (Å²) < 4.78 is 0. The lowest BCUT2D eigenvalue weighted by Gasteiger charge is -2.33. The van der Waals surface area contributed by atoms with Gasteiger partial charge < -0.3 is 15.1 Å². The molecule has 0 aliphatic carbocycles. The molecule has 0 unspecified atom stereocenters. The van der Waals surface area contributed by atoms with Crippen LogP contribution in [0.3, 0.4) is 0 Å². The van der Waals surface area contributed by atoms with Crippen molar-refractivity contribution < 1.29 is 19.8 Å². The van der Waals surface area contributed by atoms with Crippen molar-refractivity contribution in [1.82, 2.24) is 0 Å². The third-order valence-electron chi connectivity index (χ3n) is 3.42. The molecule has 2 aromatic carbocycles. The van der Waals surface area contributed by atoms with Crippen LogP contribution in [0, 0.1) is 0 Å². The van der Waals surface area contributed by atoms with Crippen molar-refractivity contribution in [2.24, 2.45) is 0 Å². The van der Waals surface area contributed by atoms with Gasteiger partial charge in [0.05, 0.1) is 23.4 Å². The van der Waals surface area contributed by atoms with E-state index in [2.05, 4.69) is 0 Å². The molecule has 0 bridgehead atoms. The van der Waals surface area contributed by atoms with Crippen LogP contribution in [0.15, 0.2) is 52.3 Å². The number of nitrogens with zero attached hydrogens (tertiary/aromatic N) is 1. The zero-order valence-corrected chi connectivity index (χ0v) is 12.3. The van der Waals surface area contributed by atoms with Crippen LogP contribution in [0.4, 0.5) is 11.4 Å². The molecule has 2 aromatic rings. The Bertz CT molecular complexity index is 760. The lowest BCUT2D eigenvalue weighted by atomic mass is 10.1. The molecule has 0 saturated heterocycles. The Hall–Kier alpha value is -2.47. The van der Waals surface area contributed by atoms with Crippen molar-refractivity contribution >= 4 is 35.1 Å². The Morgan fingerprint density at radius 3 is 2.45 bits per heavy atom. The van der Waals surface area contributed by atoms with Gasteiger partial charge in [0.25, 0.3) is 0 Å². The first-order valence-electron chi connectivity index (χ1n) is 6.70. The summed E-state index contributed by atoms with van der Waals surface area (Å²) in [6.45, 7) is 0.226. The molecule has 0 saturated carbocycles. The van der Waals surface area contributed by atoms with Gasteiger partial charge in [0.1, 0.15) is 0 Å². The summed E-state index contributed by atoms with van der Waals surface area (Å²) in [7, 11) is 0. The molecule has 0 fully saturated rings. The summed E-state index contributed by atoms with van der Waals surface area (Å²) in [4.78, 5) is 26.1. The minimum Gasteiger partial charge on any atom is -0.481 e. The van der Waals surface area contributed by atoms with Crippen molar-refractivity contribution in [3.8, 4) is 0 Å². The summed E-state index contributed by atoms with van der Waals surface area (Å²) in [5.74, 6) is -1.93. The third-order valence-corrected chi connectivity index (χ3v) is 4.54. The van der Waals surface area contributed by atoms with E-state index in [0.717, 1.165) is 15.5 Å². The maximum Gasteiger partial charge on any atom is 0.337 e. The molecule has 0 aromatic heterocycles. The van der Waals surface area contributed by atoms with Crippen molar-refractivity contribution in [3.05, 3.63) is 48.0 Å². The fourth-order valence-corrected chi connectivity index (χ4v) is 3.63. The van der Waals surface area contributed by atoms with Gasteiger partial charge in [-0.15, -0.1) is 0 Å². The number of anilines is 2. The van der Waals surface area contributed by atoms with Crippen LogP contribution in [0.1, 0.15) is 16.8 Å². The number of aliphatic carboxylic acids is 1. The third kappa shape index (κ3) is 2.53. The minimum atomic E-state index is -1.02. The second-order valence-corrected chi connectivity index (χ2v) is 5.91. The Morgan fingerprint density at radius 1 is 1.00 bits per heavy atom. The van der Waals surface area contributed by atoms with E-state index in [1.807, 2.05) is 30.3 Å². The normalized spacial score (nSPS) is 12.5. The molecule has 0 spiro atoms. The highest BCUT2D eigenvalue weighted by molar-refractivity contribution is 7.99. The molecule has 3 rings (SSSR count). The molecule has 0 amide bonds. The molecular weight excluding hydrogens is 302 g/mol. The van der Waals surface area contributed by atoms with Gasteiger partial charge >= 0.3 is 11.9 Å². The highest BCUT2D eigenvalue weighted by Gasteiger charge is 2.27. The van der Waals surface area contributed by atoms with Gasteiger partial charge in [-0.1, -0.05) is 30.0 Å². The molecule has 0 atom stereocenters.